The van der Waals surface area contributed by atoms with Gasteiger partial charge in [-0.15, -0.1) is 0 Å². The van der Waals surface area contributed by atoms with Gasteiger partial charge in [0.2, 0.25) is 0 Å². The topological polar surface area (TPSA) is 77.4 Å². The van der Waals surface area contributed by atoms with E-state index < -0.39 is 0 Å². The number of rotatable bonds is 9. The van der Waals surface area contributed by atoms with Crippen LogP contribution in [0.2, 0.25) is 0 Å². The Kier molecular flexibility index (Phi) is 12.9. The van der Waals surface area contributed by atoms with Crippen molar-refractivity contribution >= 4 is 5.71 Å². The largest absolute Gasteiger partial charge is 0.400 e. The number of nitrogens with one attached hydrogen (secondary N) is 3. The lowest BCUT2D eigenvalue weighted by molar-refractivity contribution is -0.0431. The molecule has 0 radical (unpaired) electrons. The highest BCUT2D eigenvalue weighted by Crippen LogP contribution is 2.66. The Balaban J connectivity index is 0.000000399. The molecule has 0 heterocycles. The van der Waals surface area contributed by atoms with Crippen LogP contribution in [0.5, 0.6) is 0 Å². The van der Waals surface area contributed by atoms with Crippen molar-refractivity contribution in [3.63, 3.8) is 0 Å². The number of hydrogen-bond acceptors (Lipinski definition) is 5. The Morgan fingerprint density at radius 2 is 1.89 bits per heavy atom. The SMILES string of the molecule is CC(=N)C1CCC2C3CCC4=CCCCC4(C)C3CCC12C.CCCNCCCONCC.CO.[HH]. The molecule has 0 bridgehead atoms. The quantitative estimate of drug-likeness (QED) is 0.124. The summed E-state index contributed by atoms with van der Waals surface area (Å²) in [5.41, 5.74) is 6.57. The van der Waals surface area contributed by atoms with E-state index in [9.17, 15) is 0 Å². The third-order valence-corrected chi connectivity index (χ3v) is 9.82. The average molecular weight is 494 g/mol. The average Bonchev–Trinajstić information content (AvgIpc) is 3.22. The maximum atomic E-state index is 8.25. The molecule has 6 unspecified atom stereocenters. The number of hydroxylamine groups is 1. The van der Waals surface area contributed by atoms with Crippen molar-refractivity contribution in [2.45, 2.75) is 105 Å². The van der Waals surface area contributed by atoms with Crippen molar-refractivity contribution in [3.8, 4) is 0 Å². The predicted molar refractivity (Wildman–Crippen MR) is 151 cm³/mol. The normalized spacial score (nSPS) is 35.2. The fraction of sp³-hybridized carbons (Fsp3) is 0.900. The van der Waals surface area contributed by atoms with Crippen LogP contribution in [0.3, 0.4) is 0 Å². The molecule has 0 aliphatic heterocycles. The first-order valence-corrected chi connectivity index (χ1v) is 14.6. The Labute approximate surface area is 218 Å². The van der Waals surface area contributed by atoms with E-state index in [1.807, 2.05) is 12.5 Å². The highest BCUT2D eigenvalue weighted by Gasteiger charge is 2.58. The number of hydrogen-bond donors (Lipinski definition) is 4. The summed E-state index contributed by atoms with van der Waals surface area (Å²) in [4.78, 5) is 5.07. The van der Waals surface area contributed by atoms with Crippen molar-refractivity contribution < 1.29 is 11.4 Å². The van der Waals surface area contributed by atoms with Crippen LogP contribution in [-0.4, -0.2) is 44.2 Å². The molecule has 35 heavy (non-hydrogen) atoms. The van der Waals surface area contributed by atoms with Crippen molar-refractivity contribution in [2.75, 3.05) is 33.4 Å². The Morgan fingerprint density at radius 3 is 2.57 bits per heavy atom. The summed E-state index contributed by atoms with van der Waals surface area (Å²) in [7, 11) is 1.00. The minimum atomic E-state index is 0. The molecule has 4 N–H and O–H groups in total. The van der Waals surface area contributed by atoms with Gasteiger partial charge >= 0.3 is 0 Å². The molecule has 206 valence electrons. The molecule has 0 amide bonds. The Bertz CT molecular complexity index is 665. The van der Waals surface area contributed by atoms with Gasteiger partial charge in [-0.25, -0.2) is 5.48 Å². The summed E-state index contributed by atoms with van der Waals surface area (Å²) >= 11 is 0. The second kappa shape index (κ2) is 14.9. The molecular weight excluding hydrogens is 434 g/mol. The van der Waals surface area contributed by atoms with Crippen LogP contribution in [-0.2, 0) is 4.84 Å². The first-order chi connectivity index (χ1) is 16.9. The second-order valence-corrected chi connectivity index (χ2v) is 11.8. The molecule has 0 aromatic heterocycles. The summed E-state index contributed by atoms with van der Waals surface area (Å²) in [6.45, 7) is 15.2. The standard InChI is InChI=1S/C21H33N.C8H20N2O.CH4O.H2/c1-14(22)17-9-10-18-16-8-7-15-6-4-5-12-20(15,2)19(16)11-13-21(17,18)3;1-3-6-9-7-5-8-11-10-4-2;1-2;/h6,16-19,22H,4-5,7-13H2,1-3H3;9-10H,3-8H2,1-2H3;2H,1H3;1H. The summed E-state index contributed by atoms with van der Waals surface area (Å²) < 4.78 is 0. The lowest BCUT2D eigenvalue weighted by Gasteiger charge is -2.58. The zero-order valence-electron chi connectivity index (χ0n) is 23.8. The van der Waals surface area contributed by atoms with Gasteiger partial charge < -0.3 is 20.7 Å². The molecule has 3 fully saturated rings. The number of aliphatic hydroxyl groups excluding tert-OH is 1. The van der Waals surface area contributed by atoms with Gasteiger partial charge in [0.25, 0.3) is 0 Å². The van der Waals surface area contributed by atoms with Gasteiger partial charge in [-0.05, 0) is 119 Å². The molecule has 0 saturated heterocycles. The van der Waals surface area contributed by atoms with E-state index in [1.165, 1.54) is 64.2 Å². The molecule has 5 nitrogen and oxygen atoms in total. The van der Waals surface area contributed by atoms with Crippen molar-refractivity contribution in [1.29, 1.82) is 5.41 Å². The minimum absolute atomic E-state index is 0. The highest BCUT2D eigenvalue weighted by atomic mass is 16.6. The lowest BCUT2D eigenvalue weighted by atomic mass is 9.47. The van der Waals surface area contributed by atoms with Crippen LogP contribution in [0, 0.1) is 39.9 Å². The van der Waals surface area contributed by atoms with Crippen LogP contribution >= 0.6 is 0 Å². The summed E-state index contributed by atoms with van der Waals surface area (Å²) in [6, 6.07) is 0. The van der Waals surface area contributed by atoms with Crippen LogP contribution < -0.4 is 10.8 Å². The van der Waals surface area contributed by atoms with E-state index in [0.717, 1.165) is 63.2 Å². The molecule has 0 aromatic carbocycles. The molecule has 4 aliphatic rings. The minimum Gasteiger partial charge on any atom is -0.400 e. The smallest absolute Gasteiger partial charge is 0.0694 e. The van der Waals surface area contributed by atoms with Crippen molar-refractivity contribution in [3.05, 3.63) is 11.6 Å². The number of aliphatic hydroxyl groups is 1. The Morgan fingerprint density at radius 1 is 1.11 bits per heavy atom. The molecule has 6 atom stereocenters. The molecule has 3 saturated carbocycles. The van der Waals surface area contributed by atoms with Crippen molar-refractivity contribution in [2.24, 2.45) is 34.5 Å². The molecule has 0 aromatic rings. The number of fused-ring (bicyclic) bond motifs is 5. The van der Waals surface area contributed by atoms with E-state index >= 15 is 0 Å². The molecular formula is C30H59N3O2. The Hall–Kier alpha value is -0.750. The summed E-state index contributed by atoms with van der Waals surface area (Å²) in [5, 5.41) is 18.6. The van der Waals surface area contributed by atoms with Gasteiger partial charge in [0.05, 0.1) is 6.61 Å². The maximum absolute atomic E-state index is 8.25. The van der Waals surface area contributed by atoms with E-state index in [0.29, 0.717) is 16.7 Å². The zero-order chi connectivity index (χ0) is 25.9. The lowest BCUT2D eigenvalue weighted by Crippen LogP contribution is -2.50. The van der Waals surface area contributed by atoms with E-state index in [-0.39, 0.29) is 1.43 Å². The third-order valence-electron chi connectivity index (χ3n) is 9.82. The van der Waals surface area contributed by atoms with Crippen molar-refractivity contribution in [1.82, 2.24) is 10.8 Å². The van der Waals surface area contributed by atoms with E-state index in [1.54, 1.807) is 0 Å². The summed E-state index contributed by atoms with van der Waals surface area (Å²) in [6.07, 6.45) is 17.4. The fourth-order valence-electron chi connectivity index (χ4n) is 8.21. The van der Waals surface area contributed by atoms with E-state index in [2.05, 4.69) is 44.6 Å². The molecule has 4 aliphatic carbocycles. The van der Waals surface area contributed by atoms with Crippen LogP contribution in [0.1, 0.15) is 107 Å². The van der Waals surface area contributed by atoms with Crippen LogP contribution in [0.25, 0.3) is 0 Å². The van der Waals surface area contributed by atoms with E-state index in [4.69, 9.17) is 15.4 Å². The summed E-state index contributed by atoms with van der Waals surface area (Å²) in [5.74, 6) is 3.37. The monoisotopic (exact) mass is 493 g/mol. The maximum Gasteiger partial charge on any atom is 0.0694 e. The fourth-order valence-corrected chi connectivity index (χ4v) is 8.21. The predicted octanol–water partition coefficient (Wildman–Crippen LogP) is 6.77. The first kappa shape index (κ1) is 30.5. The highest BCUT2D eigenvalue weighted by molar-refractivity contribution is 5.82. The van der Waals surface area contributed by atoms with Gasteiger partial charge in [-0.1, -0.05) is 39.3 Å². The second-order valence-electron chi connectivity index (χ2n) is 11.8. The van der Waals surface area contributed by atoms with Gasteiger partial charge in [-0.2, -0.15) is 0 Å². The molecule has 5 heteroatoms. The third kappa shape index (κ3) is 7.18. The first-order valence-electron chi connectivity index (χ1n) is 14.6. The molecule has 0 spiro atoms. The van der Waals surface area contributed by atoms with Crippen LogP contribution in [0.4, 0.5) is 0 Å². The van der Waals surface area contributed by atoms with Crippen LogP contribution in [0.15, 0.2) is 11.6 Å². The van der Waals surface area contributed by atoms with Gasteiger partial charge in [0.1, 0.15) is 0 Å². The van der Waals surface area contributed by atoms with Gasteiger partial charge in [0.15, 0.2) is 0 Å². The zero-order valence-corrected chi connectivity index (χ0v) is 23.8. The van der Waals surface area contributed by atoms with Gasteiger partial charge in [-0.3, -0.25) is 0 Å². The molecule has 4 rings (SSSR count). The van der Waals surface area contributed by atoms with Gasteiger partial charge in [0, 0.05) is 26.7 Å². The number of allylic oxidation sites excluding steroid dienone is 2.